The average molecular weight is 182 g/mol. The van der Waals surface area contributed by atoms with Crippen molar-refractivity contribution < 1.29 is 13.6 Å². The predicted molar refractivity (Wildman–Crippen MR) is 46.2 cm³/mol. The van der Waals surface area contributed by atoms with Gasteiger partial charge in [0.2, 0.25) is 0 Å². The third kappa shape index (κ3) is 2.21. The number of hydrogen-bond acceptors (Lipinski definition) is 1. The van der Waals surface area contributed by atoms with Crippen LogP contribution in [0, 0.1) is 18.6 Å². The molecule has 0 aliphatic heterocycles. The fraction of sp³-hybridized carbons (Fsp3) is 0.100. The van der Waals surface area contributed by atoms with Gasteiger partial charge in [-0.1, -0.05) is 0 Å². The summed E-state index contributed by atoms with van der Waals surface area (Å²) in [4.78, 5) is 9.94. The summed E-state index contributed by atoms with van der Waals surface area (Å²) in [5.41, 5.74) is 0.330. The number of rotatable bonds is 2. The van der Waals surface area contributed by atoms with E-state index in [2.05, 4.69) is 0 Å². The number of carbonyl (C=O) groups excluding carboxylic acids is 1. The molecule has 0 aliphatic rings. The van der Waals surface area contributed by atoms with E-state index in [4.69, 9.17) is 0 Å². The quantitative estimate of drug-likeness (QED) is 0.507. The normalized spacial score (nSPS) is 10.7. The van der Waals surface area contributed by atoms with E-state index in [1.807, 2.05) is 0 Å². The Morgan fingerprint density at radius 1 is 1.23 bits per heavy atom. The van der Waals surface area contributed by atoms with E-state index in [9.17, 15) is 13.6 Å². The van der Waals surface area contributed by atoms with E-state index in [1.165, 1.54) is 13.0 Å². The summed E-state index contributed by atoms with van der Waals surface area (Å²) in [6, 6.07) is 2.16. The van der Waals surface area contributed by atoms with Crippen molar-refractivity contribution in [1.29, 1.82) is 0 Å². The second kappa shape index (κ2) is 3.94. The Morgan fingerprint density at radius 3 is 2.54 bits per heavy atom. The van der Waals surface area contributed by atoms with Crippen molar-refractivity contribution in [2.45, 2.75) is 6.92 Å². The smallest absolute Gasteiger partial charge is 0.142 e. The molecule has 1 aromatic rings. The first-order valence-electron chi connectivity index (χ1n) is 3.72. The molecule has 0 fully saturated rings. The Kier molecular flexibility index (Phi) is 2.90. The molecule has 1 aromatic carbocycles. The maximum absolute atomic E-state index is 13.0. The van der Waals surface area contributed by atoms with Crippen molar-refractivity contribution >= 4 is 12.4 Å². The second-order valence-electron chi connectivity index (χ2n) is 2.62. The maximum atomic E-state index is 13.0. The van der Waals surface area contributed by atoms with Crippen molar-refractivity contribution in [3.8, 4) is 0 Å². The van der Waals surface area contributed by atoms with Crippen LogP contribution in [0.3, 0.4) is 0 Å². The minimum atomic E-state index is -0.531. The van der Waals surface area contributed by atoms with Gasteiger partial charge >= 0.3 is 0 Å². The SMILES string of the molecule is Cc1cc(F)c(C=CC=O)cc1F. The third-order valence-corrected chi connectivity index (χ3v) is 1.63. The average Bonchev–Trinajstić information content (AvgIpc) is 2.09. The van der Waals surface area contributed by atoms with Gasteiger partial charge in [-0.3, -0.25) is 4.79 Å². The molecule has 0 heterocycles. The molecule has 0 N–H and O–H groups in total. The number of halogens is 2. The Bertz CT molecular complexity index is 356. The summed E-state index contributed by atoms with van der Waals surface area (Å²) in [5.74, 6) is -1.01. The van der Waals surface area contributed by atoms with E-state index < -0.39 is 11.6 Å². The number of aryl methyl sites for hydroxylation is 1. The second-order valence-corrected chi connectivity index (χ2v) is 2.62. The topological polar surface area (TPSA) is 17.1 Å². The molecule has 0 unspecified atom stereocenters. The van der Waals surface area contributed by atoms with Gasteiger partial charge in [-0.25, -0.2) is 8.78 Å². The highest BCUT2D eigenvalue weighted by atomic mass is 19.1. The molecule has 0 atom stereocenters. The van der Waals surface area contributed by atoms with Crippen molar-refractivity contribution in [2.24, 2.45) is 0 Å². The maximum Gasteiger partial charge on any atom is 0.142 e. The molecule has 3 heteroatoms. The Hall–Kier alpha value is -1.51. The molecular weight excluding hydrogens is 174 g/mol. The third-order valence-electron chi connectivity index (χ3n) is 1.63. The zero-order valence-corrected chi connectivity index (χ0v) is 7.05. The Morgan fingerprint density at radius 2 is 1.92 bits per heavy atom. The van der Waals surface area contributed by atoms with Crippen molar-refractivity contribution in [2.75, 3.05) is 0 Å². The fourth-order valence-corrected chi connectivity index (χ4v) is 0.932. The molecule has 1 nitrogen and oxygen atoms in total. The first-order valence-corrected chi connectivity index (χ1v) is 3.72. The zero-order chi connectivity index (χ0) is 9.84. The number of carbonyl (C=O) groups is 1. The van der Waals surface area contributed by atoms with Crippen LogP contribution in [0.5, 0.6) is 0 Å². The lowest BCUT2D eigenvalue weighted by molar-refractivity contribution is -0.104. The molecule has 1 rings (SSSR count). The minimum absolute atomic E-state index is 0.0789. The van der Waals surface area contributed by atoms with Crippen LogP contribution in [-0.4, -0.2) is 6.29 Å². The van der Waals surface area contributed by atoms with E-state index >= 15 is 0 Å². The molecule has 0 saturated heterocycles. The van der Waals surface area contributed by atoms with Crippen LogP contribution in [0.25, 0.3) is 6.08 Å². The van der Waals surface area contributed by atoms with Gasteiger partial charge in [0.25, 0.3) is 0 Å². The summed E-state index contributed by atoms with van der Waals surface area (Å²) in [5, 5.41) is 0. The lowest BCUT2D eigenvalue weighted by Crippen LogP contribution is -1.89. The Labute approximate surface area is 74.7 Å². The first-order chi connectivity index (χ1) is 6.15. The fourth-order valence-electron chi connectivity index (χ4n) is 0.932. The summed E-state index contributed by atoms with van der Waals surface area (Å²) in [7, 11) is 0. The minimum Gasteiger partial charge on any atom is -0.299 e. The van der Waals surface area contributed by atoms with Crippen LogP contribution in [0.1, 0.15) is 11.1 Å². The molecule has 0 aromatic heterocycles. The van der Waals surface area contributed by atoms with Crippen LogP contribution in [0.15, 0.2) is 18.2 Å². The highest BCUT2D eigenvalue weighted by molar-refractivity contribution is 5.73. The summed E-state index contributed by atoms with van der Waals surface area (Å²) < 4.78 is 25.9. The van der Waals surface area contributed by atoms with Crippen LogP contribution < -0.4 is 0 Å². The summed E-state index contributed by atoms with van der Waals surface area (Å²) in [6.07, 6.45) is 2.86. The Balaban J connectivity index is 3.15. The number of aldehydes is 1. The van der Waals surface area contributed by atoms with E-state index in [-0.39, 0.29) is 11.1 Å². The first kappa shape index (κ1) is 9.58. The molecular formula is C10H8F2O. The van der Waals surface area contributed by atoms with Crippen LogP contribution in [-0.2, 0) is 4.79 Å². The van der Waals surface area contributed by atoms with E-state index in [1.54, 1.807) is 0 Å². The monoisotopic (exact) mass is 182 g/mol. The summed E-state index contributed by atoms with van der Waals surface area (Å²) >= 11 is 0. The molecule has 13 heavy (non-hydrogen) atoms. The molecule has 0 amide bonds. The van der Waals surface area contributed by atoms with Gasteiger partial charge in [-0.15, -0.1) is 0 Å². The van der Waals surface area contributed by atoms with Gasteiger partial charge < -0.3 is 0 Å². The lowest BCUT2D eigenvalue weighted by Gasteiger charge is -1.99. The van der Waals surface area contributed by atoms with Crippen LogP contribution in [0.2, 0.25) is 0 Å². The highest BCUT2D eigenvalue weighted by Gasteiger charge is 2.03. The van der Waals surface area contributed by atoms with E-state index in [0.29, 0.717) is 6.29 Å². The van der Waals surface area contributed by atoms with Gasteiger partial charge in [0.05, 0.1) is 0 Å². The van der Waals surface area contributed by atoms with Crippen LogP contribution >= 0.6 is 0 Å². The molecule has 0 aliphatic carbocycles. The number of benzene rings is 1. The standard InChI is InChI=1S/C10H8F2O/c1-7-5-10(12)8(3-2-4-13)6-9(7)11/h2-6H,1H3. The van der Waals surface area contributed by atoms with Gasteiger partial charge in [-0.05, 0) is 36.8 Å². The van der Waals surface area contributed by atoms with Gasteiger partial charge in [0.15, 0.2) is 0 Å². The van der Waals surface area contributed by atoms with Crippen molar-refractivity contribution in [3.05, 3.63) is 41.0 Å². The van der Waals surface area contributed by atoms with Crippen LogP contribution in [0.4, 0.5) is 8.78 Å². The molecule has 0 radical (unpaired) electrons. The summed E-state index contributed by atoms with van der Waals surface area (Å²) in [6.45, 7) is 1.48. The zero-order valence-electron chi connectivity index (χ0n) is 7.05. The molecule has 68 valence electrons. The van der Waals surface area contributed by atoms with Gasteiger partial charge in [0, 0.05) is 5.56 Å². The van der Waals surface area contributed by atoms with Gasteiger partial charge in [0.1, 0.15) is 17.9 Å². The van der Waals surface area contributed by atoms with E-state index in [0.717, 1.165) is 18.2 Å². The number of hydrogen-bond donors (Lipinski definition) is 0. The highest BCUT2D eigenvalue weighted by Crippen LogP contribution is 2.14. The molecule has 0 saturated carbocycles. The molecule has 0 bridgehead atoms. The predicted octanol–water partition coefficient (Wildman–Crippen LogP) is 2.49. The molecule has 0 spiro atoms. The van der Waals surface area contributed by atoms with Crippen molar-refractivity contribution in [3.63, 3.8) is 0 Å². The number of allylic oxidation sites excluding steroid dienone is 1. The lowest BCUT2D eigenvalue weighted by atomic mass is 10.1. The largest absolute Gasteiger partial charge is 0.299 e. The van der Waals surface area contributed by atoms with Crippen molar-refractivity contribution in [1.82, 2.24) is 0 Å². The van der Waals surface area contributed by atoms with Gasteiger partial charge in [-0.2, -0.15) is 0 Å².